The Morgan fingerprint density at radius 2 is 2.00 bits per heavy atom. The molecule has 7 nitrogen and oxygen atoms in total. The van der Waals surface area contributed by atoms with E-state index in [1.54, 1.807) is 12.1 Å². The number of ether oxygens (including phenoxy) is 3. The van der Waals surface area contributed by atoms with Crippen molar-refractivity contribution >= 4 is 0 Å². The fourth-order valence-electron chi connectivity index (χ4n) is 3.81. The van der Waals surface area contributed by atoms with Gasteiger partial charge in [0.05, 0.1) is 26.0 Å². The third kappa shape index (κ3) is 7.02. The number of aliphatic hydroxyl groups is 1. The van der Waals surface area contributed by atoms with E-state index in [1.807, 2.05) is 48.3 Å². The average molecular weight is 456 g/mol. The van der Waals surface area contributed by atoms with Gasteiger partial charge >= 0.3 is 0 Å². The number of halogens is 1. The number of hydrogen-bond donors (Lipinski definition) is 1. The molecule has 1 saturated heterocycles. The summed E-state index contributed by atoms with van der Waals surface area (Å²) in [5.74, 6) is 0.987. The van der Waals surface area contributed by atoms with Crippen LogP contribution in [0.15, 0.2) is 60.9 Å². The highest BCUT2D eigenvalue weighted by Gasteiger charge is 2.33. The van der Waals surface area contributed by atoms with Crippen LogP contribution in [0, 0.1) is 12.7 Å². The zero-order valence-corrected chi connectivity index (χ0v) is 18.8. The van der Waals surface area contributed by atoms with E-state index in [4.69, 9.17) is 14.2 Å². The van der Waals surface area contributed by atoms with Gasteiger partial charge in [-0.05, 0) is 54.4 Å². The van der Waals surface area contributed by atoms with Gasteiger partial charge in [-0.1, -0.05) is 12.1 Å². The maximum absolute atomic E-state index is 13.1. The molecular formula is C25H30FN3O4. The Labute approximate surface area is 193 Å². The number of benzene rings is 2. The molecule has 0 amide bonds. The molecule has 1 fully saturated rings. The van der Waals surface area contributed by atoms with E-state index in [-0.39, 0.29) is 19.0 Å². The van der Waals surface area contributed by atoms with Crippen LogP contribution in [0.2, 0.25) is 0 Å². The Kier molecular flexibility index (Phi) is 7.59. The molecule has 3 aromatic rings. The predicted molar refractivity (Wildman–Crippen MR) is 122 cm³/mol. The summed E-state index contributed by atoms with van der Waals surface area (Å²) in [6.07, 6.45) is 3.82. The smallest absolute Gasteiger partial charge is 0.134 e. The molecule has 1 aliphatic rings. The minimum atomic E-state index is -1.17. The molecular weight excluding hydrogens is 425 g/mol. The second-order valence-electron chi connectivity index (χ2n) is 8.51. The van der Waals surface area contributed by atoms with Crippen molar-refractivity contribution in [2.24, 2.45) is 0 Å². The van der Waals surface area contributed by atoms with E-state index in [1.165, 1.54) is 12.1 Å². The molecule has 1 unspecified atom stereocenters. The Bertz CT molecular complexity index is 1030. The van der Waals surface area contributed by atoms with Crippen molar-refractivity contribution in [1.29, 1.82) is 0 Å². The molecule has 2 heterocycles. The lowest BCUT2D eigenvalue weighted by Crippen LogP contribution is -2.48. The molecule has 0 radical (unpaired) electrons. The van der Waals surface area contributed by atoms with Crippen molar-refractivity contribution in [1.82, 2.24) is 14.7 Å². The Morgan fingerprint density at radius 1 is 1.15 bits per heavy atom. The molecule has 0 spiro atoms. The van der Waals surface area contributed by atoms with Crippen molar-refractivity contribution in [3.05, 3.63) is 77.9 Å². The SMILES string of the molecule is Cc1cnn(CCOc2cccc(CN3CCOCC(O)(COc4ccc(F)cc4)C3)c2)c1. The largest absolute Gasteiger partial charge is 0.492 e. The number of rotatable bonds is 9. The van der Waals surface area contributed by atoms with Crippen LogP contribution in [0.25, 0.3) is 0 Å². The Morgan fingerprint density at radius 3 is 2.79 bits per heavy atom. The number of β-amino-alcohol motifs (C(OH)–C–C–N with tert-alkyl or cyclic N) is 1. The summed E-state index contributed by atoms with van der Waals surface area (Å²) in [6.45, 7) is 5.74. The minimum Gasteiger partial charge on any atom is -0.492 e. The van der Waals surface area contributed by atoms with Gasteiger partial charge < -0.3 is 19.3 Å². The first-order valence-electron chi connectivity index (χ1n) is 11.1. The molecule has 0 aliphatic carbocycles. The molecule has 4 rings (SSSR count). The van der Waals surface area contributed by atoms with Crippen LogP contribution in [0.5, 0.6) is 11.5 Å². The van der Waals surface area contributed by atoms with Gasteiger partial charge in [0.15, 0.2) is 0 Å². The summed E-state index contributed by atoms with van der Waals surface area (Å²) >= 11 is 0. The van der Waals surface area contributed by atoms with Crippen molar-refractivity contribution in [2.45, 2.75) is 25.6 Å². The van der Waals surface area contributed by atoms with E-state index in [0.717, 1.165) is 16.9 Å². The normalized spacial score (nSPS) is 19.2. The Hall–Kier alpha value is -2.94. The van der Waals surface area contributed by atoms with E-state index < -0.39 is 5.60 Å². The maximum Gasteiger partial charge on any atom is 0.134 e. The molecule has 0 saturated carbocycles. The van der Waals surface area contributed by atoms with Crippen LogP contribution in [-0.2, 0) is 17.8 Å². The standard InChI is InChI=1S/C25H30FN3O4/c1-20-14-27-29(15-20)10-12-32-24-4-2-3-21(13-24)16-28-9-11-31-18-25(30,17-28)19-33-23-7-5-22(26)6-8-23/h2-8,13-15,30H,9-12,16-19H2,1H3. The molecule has 1 atom stereocenters. The first-order valence-corrected chi connectivity index (χ1v) is 11.1. The first kappa shape index (κ1) is 23.2. The molecule has 8 heteroatoms. The highest BCUT2D eigenvalue weighted by molar-refractivity contribution is 5.28. The average Bonchev–Trinajstić information content (AvgIpc) is 3.12. The maximum atomic E-state index is 13.1. The third-order valence-corrected chi connectivity index (χ3v) is 5.42. The van der Waals surface area contributed by atoms with Crippen LogP contribution in [-0.4, -0.2) is 64.9 Å². The first-order chi connectivity index (χ1) is 16.0. The summed E-state index contributed by atoms with van der Waals surface area (Å²) in [7, 11) is 0. The lowest BCUT2D eigenvalue weighted by Gasteiger charge is -2.30. The van der Waals surface area contributed by atoms with Gasteiger partial charge in [-0.3, -0.25) is 9.58 Å². The minimum absolute atomic E-state index is 0.0607. The predicted octanol–water partition coefficient (Wildman–Crippen LogP) is 3.05. The highest BCUT2D eigenvalue weighted by Crippen LogP contribution is 2.20. The Balaban J connectivity index is 1.31. The zero-order valence-electron chi connectivity index (χ0n) is 18.8. The number of aryl methyl sites for hydroxylation is 1. The quantitative estimate of drug-likeness (QED) is 0.535. The van der Waals surface area contributed by atoms with Gasteiger partial charge in [-0.2, -0.15) is 5.10 Å². The zero-order chi connectivity index (χ0) is 23.1. The molecule has 2 aromatic carbocycles. The fraction of sp³-hybridized carbons (Fsp3) is 0.400. The van der Waals surface area contributed by atoms with E-state index in [0.29, 0.717) is 45.1 Å². The van der Waals surface area contributed by atoms with Gasteiger partial charge in [0.2, 0.25) is 0 Å². The van der Waals surface area contributed by atoms with E-state index in [2.05, 4.69) is 10.00 Å². The molecule has 176 valence electrons. The van der Waals surface area contributed by atoms with Gasteiger partial charge in [0.1, 0.15) is 36.1 Å². The lowest BCUT2D eigenvalue weighted by atomic mass is 10.1. The van der Waals surface area contributed by atoms with E-state index >= 15 is 0 Å². The second-order valence-corrected chi connectivity index (χ2v) is 8.51. The topological polar surface area (TPSA) is 69.0 Å². The summed E-state index contributed by atoms with van der Waals surface area (Å²) in [6, 6.07) is 13.7. The number of aromatic nitrogens is 2. The van der Waals surface area contributed by atoms with Crippen LogP contribution in [0.3, 0.4) is 0 Å². The van der Waals surface area contributed by atoms with E-state index in [9.17, 15) is 9.50 Å². The summed E-state index contributed by atoms with van der Waals surface area (Å²) in [5, 5.41) is 15.4. The van der Waals surface area contributed by atoms with Crippen molar-refractivity contribution in [2.75, 3.05) is 39.5 Å². The van der Waals surface area contributed by atoms with Crippen molar-refractivity contribution in [3.8, 4) is 11.5 Å². The monoisotopic (exact) mass is 455 g/mol. The van der Waals surface area contributed by atoms with Crippen molar-refractivity contribution < 1.29 is 23.7 Å². The van der Waals surface area contributed by atoms with Gasteiger partial charge in [0.25, 0.3) is 0 Å². The van der Waals surface area contributed by atoms with Crippen LogP contribution >= 0.6 is 0 Å². The van der Waals surface area contributed by atoms with Gasteiger partial charge in [-0.15, -0.1) is 0 Å². The second kappa shape index (κ2) is 10.8. The molecule has 1 aromatic heterocycles. The summed E-state index contributed by atoms with van der Waals surface area (Å²) < 4.78 is 32.2. The van der Waals surface area contributed by atoms with Gasteiger partial charge in [0, 0.05) is 25.8 Å². The number of hydrogen-bond acceptors (Lipinski definition) is 6. The fourth-order valence-corrected chi connectivity index (χ4v) is 3.81. The van der Waals surface area contributed by atoms with Gasteiger partial charge in [-0.25, -0.2) is 4.39 Å². The molecule has 1 aliphatic heterocycles. The highest BCUT2D eigenvalue weighted by atomic mass is 19.1. The summed E-state index contributed by atoms with van der Waals surface area (Å²) in [4.78, 5) is 2.15. The molecule has 0 bridgehead atoms. The van der Waals surface area contributed by atoms with Crippen molar-refractivity contribution in [3.63, 3.8) is 0 Å². The van der Waals surface area contributed by atoms with Crippen LogP contribution in [0.1, 0.15) is 11.1 Å². The number of nitrogens with zero attached hydrogens (tertiary/aromatic N) is 3. The lowest BCUT2D eigenvalue weighted by molar-refractivity contribution is -0.0646. The van der Waals surface area contributed by atoms with Crippen LogP contribution in [0.4, 0.5) is 4.39 Å². The molecule has 33 heavy (non-hydrogen) atoms. The van der Waals surface area contributed by atoms with Crippen LogP contribution < -0.4 is 9.47 Å². The molecule has 1 N–H and O–H groups in total. The third-order valence-electron chi connectivity index (χ3n) is 5.42. The summed E-state index contributed by atoms with van der Waals surface area (Å²) in [5.41, 5.74) is 1.05.